The lowest BCUT2D eigenvalue weighted by atomic mass is 10.0. The molecule has 1 fully saturated rings. The number of benzene rings is 2. The van der Waals surface area contributed by atoms with Crippen LogP contribution in [-0.4, -0.2) is 11.8 Å². The molecular weight excluding hydrogens is 236 g/mol. The maximum absolute atomic E-state index is 12.2. The number of carbonyl (C=O) groups excluding carboxylic acids is 1. The molecule has 1 aliphatic rings. The second-order valence-electron chi connectivity index (χ2n) is 4.59. The quantitative estimate of drug-likeness (QED) is 0.670. The molecule has 0 aromatic heterocycles. The summed E-state index contributed by atoms with van der Waals surface area (Å²) in [6.07, 6.45) is 0. The molecule has 0 aliphatic carbocycles. The first kappa shape index (κ1) is 11.6. The summed E-state index contributed by atoms with van der Waals surface area (Å²) in [4.78, 5) is 12.2. The van der Waals surface area contributed by atoms with Gasteiger partial charge in [0.25, 0.3) is 0 Å². The lowest BCUT2D eigenvalue weighted by Crippen LogP contribution is -2.09. The van der Waals surface area contributed by atoms with Crippen molar-refractivity contribution in [3.63, 3.8) is 0 Å². The van der Waals surface area contributed by atoms with Crippen molar-refractivity contribution in [3.8, 4) is 6.07 Å². The summed E-state index contributed by atoms with van der Waals surface area (Å²) in [6, 6.07) is 18.7. The Hall–Kier alpha value is -2.44. The highest BCUT2D eigenvalue weighted by Gasteiger charge is 2.43. The zero-order valence-corrected chi connectivity index (χ0v) is 10.2. The zero-order chi connectivity index (χ0) is 13.2. The first-order chi connectivity index (χ1) is 9.29. The fourth-order valence-electron chi connectivity index (χ4n) is 2.20. The van der Waals surface area contributed by atoms with E-state index in [1.807, 2.05) is 42.5 Å². The van der Waals surface area contributed by atoms with Crippen LogP contribution in [0.4, 0.5) is 0 Å². The average molecular weight is 248 g/mol. The van der Waals surface area contributed by atoms with Crippen LogP contribution in [0.1, 0.15) is 27.5 Å². The molecular formula is C16H12N2O. The fraction of sp³-hybridized carbons (Fsp3) is 0.125. The Labute approximate surface area is 111 Å². The molecule has 1 saturated heterocycles. The van der Waals surface area contributed by atoms with E-state index in [4.69, 9.17) is 5.26 Å². The molecule has 1 aliphatic heterocycles. The van der Waals surface area contributed by atoms with E-state index in [2.05, 4.69) is 11.4 Å². The predicted octanol–water partition coefficient (Wildman–Crippen LogP) is 2.45. The molecule has 0 unspecified atom stereocenters. The van der Waals surface area contributed by atoms with Gasteiger partial charge >= 0.3 is 0 Å². The van der Waals surface area contributed by atoms with Crippen LogP contribution in [0, 0.1) is 11.3 Å². The van der Waals surface area contributed by atoms with Crippen molar-refractivity contribution in [3.05, 3.63) is 71.3 Å². The first-order valence-corrected chi connectivity index (χ1v) is 6.15. The molecule has 0 saturated carbocycles. The summed E-state index contributed by atoms with van der Waals surface area (Å²) in [7, 11) is 0. The normalized spacial score (nSPS) is 20.6. The number of ketones is 1. The number of nitrogens with zero attached hydrogens (tertiary/aromatic N) is 1. The highest BCUT2D eigenvalue weighted by Crippen LogP contribution is 2.32. The van der Waals surface area contributed by atoms with E-state index in [1.165, 1.54) is 0 Å². The minimum Gasteiger partial charge on any atom is -0.297 e. The molecule has 92 valence electrons. The van der Waals surface area contributed by atoms with E-state index in [0.717, 1.165) is 11.1 Å². The monoisotopic (exact) mass is 248 g/mol. The molecule has 2 aromatic carbocycles. The van der Waals surface area contributed by atoms with Crippen LogP contribution in [0.2, 0.25) is 0 Å². The Bertz CT molecular complexity index is 641. The van der Waals surface area contributed by atoms with Crippen molar-refractivity contribution in [2.75, 3.05) is 0 Å². The molecule has 3 rings (SSSR count). The van der Waals surface area contributed by atoms with Crippen LogP contribution < -0.4 is 5.32 Å². The van der Waals surface area contributed by atoms with Gasteiger partial charge in [0.05, 0.1) is 23.7 Å². The number of hydrogen-bond acceptors (Lipinski definition) is 3. The lowest BCUT2D eigenvalue weighted by molar-refractivity contribution is 0.0988. The molecule has 0 spiro atoms. The Morgan fingerprint density at radius 3 is 2.37 bits per heavy atom. The van der Waals surface area contributed by atoms with E-state index in [-0.39, 0.29) is 17.9 Å². The molecule has 0 bridgehead atoms. The van der Waals surface area contributed by atoms with E-state index >= 15 is 0 Å². The van der Waals surface area contributed by atoms with Gasteiger partial charge in [0, 0.05) is 5.56 Å². The summed E-state index contributed by atoms with van der Waals surface area (Å²) >= 11 is 0. The zero-order valence-electron chi connectivity index (χ0n) is 10.2. The van der Waals surface area contributed by atoms with Gasteiger partial charge in [-0.15, -0.1) is 0 Å². The number of hydrogen-bond donors (Lipinski definition) is 1. The molecule has 0 radical (unpaired) electrons. The Kier molecular flexibility index (Phi) is 2.86. The standard InChI is InChI=1S/C16H12N2O/c17-10-11-6-8-12(9-7-11)14-15(18-14)16(19)13-4-2-1-3-5-13/h1-9,14-15,18H/t14-,15-/m1/s1. The van der Waals surface area contributed by atoms with Crippen LogP contribution in [0.3, 0.4) is 0 Å². The molecule has 2 atom stereocenters. The highest BCUT2D eigenvalue weighted by molar-refractivity contribution is 6.02. The van der Waals surface area contributed by atoms with Crippen LogP contribution in [0.25, 0.3) is 0 Å². The van der Waals surface area contributed by atoms with Crippen molar-refractivity contribution >= 4 is 5.78 Å². The number of carbonyl (C=O) groups is 1. The van der Waals surface area contributed by atoms with Crippen LogP contribution in [-0.2, 0) is 0 Å². The minimum atomic E-state index is -0.143. The van der Waals surface area contributed by atoms with Crippen molar-refractivity contribution in [2.45, 2.75) is 12.1 Å². The molecule has 1 N–H and O–H groups in total. The Morgan fingerprint density at radius 2 is 1.74 bits per heavy atom. The maximum atomic E-state index is 12.2. The largest absolute Gasteiger partial charge is 0.297 e. The van der Waals surface area contributed by atoms with Gasteiger partial charge in [0.2, 0.25) is 0 Å². The molecule has 3 heteroatoms. The van der Waals surface area contributed by atoms with Crippen LogP contribution in [0.5, 0.6) is 0 Å². The second kappa shape index (κ2) is 4.68. The molecule has 3 nitrogen and oxygen atoms in total. The Balaban J connectivity index is 1.74. The molecule has 0 amide bonds. The summed E-state index contributed by atoms with van der Waals surface area (Å²) in [6.45, 7) is 0. The summed E-state index contributed by atoms with van der Waals surface area (Å²) in [5.41, 5.74) is 2.42. The average Bonchev–Trinajstić information content (AvgIpc) is 3.28. The van der Waals surface area contributed by atoms with E-state index in [9.17, 15) is 4.79 Å². The van der Waals surface area contributed by atoms with Crippen molar-refractivity contribution in [1.82, 2.24) is 5.32 Å². The summed E-state index contributed by atoms with van der Waals surface area (Å²) in [5, 5.41) is 11.9. The third-order valence-corrected chi connectivity index (χ3v) is 3.32. The van der Waals surface area contributed by atoms with Gasteiger partial charge in [0.1, 0.15) is 0 Å². The van der Waals surface area contributed by atoms with Gasteiger partial charge in [-0.05, 0) is 17.7 Å². The fourth-order valence-corrected chi connectivity index (χ4v) is 2.20. The van der Waals surface area contributed by atoms with E-state index < -0.39 is 0 Å². The van der Waals surface area contributed by atoms with Gasteiger partial charge in [-0.1, -0.05) is 42.5 Å². The number of nitrogens with one attached hydrogen (secondary N) is 1. The van der Waals surface area contributed by atoms with Gasteiger partial charge in [-0.3, -0.25) is 10.1 Å². The highest BCUT2D eigenvalue weighted by atomic mass is 16.1. The minimum absolute atomic E-state index is 0.0699. The summed E-state index contributed by atoms with van der Waals surface area (Å²) < 4.78 is 0. The van der Waals surface area contributed by atoms with E-state index in [0.29, 0.717) is 5.56 Å². The third kappa shape index (κ3) is 2.26. The Morgan fingerprint density at radius 1 is 1.05 bits per heavy atom. The smallest absolute Gasteiger partial charge is 0.181 e. The lowest BCUT2D eigenvalue weighted by Gasteiger charge is -1.99. The first-order valence-electron chi connectivity index (χ1n) is 6.15. The summed E-state index contributed by atoms with van der Waals surface area (Å²) in [5.74, 6) is 0.120. The SMILES string of the molecule is N#Cc1ccc([C@H]2N[C@H]2C(=O)c2ccccc2)cc1. The van der Waals surface area contributed by atoms with Crippen LogP contribution >= 0.6 is 0 Å². The number of nitriles is 1. The maximum Gasteiger partial charge on any atom is 0.181 e. The molecule has 2 aromatic rings. The van der Waals surface area contributed by atoms with Crippen molar-refractivity contribution in [2.24, 2.45) is 0 Å². The third-order valence-electron chi connectivity index (χ3n) is 3.32. The van der Waals surface area contributed by atoms with Gasteiger partial charge < -0.3 is 0 Å². The van der Waals surface area contributed by atoms with Gasteiger partial charge in [-0.25, -0.2) is 0 Å². The van der Waals surface area contributed by atoms with Crippen molar-refractivity contribution in [1.29, 1.82) is 5.26 Å². The number of Topliss-reactive ketones (excluding diaryl/α,β-unsaturated/α-hetero) is 1. The predicted molar refractivity (Wildman–Crippen MR) is 71.6 cm³/mol. The second-order valence-corrected chi connectivity index (χ2v) is 4.59. The molecule has 1 heterocycles. The van der Waals surface area contributed by atoms with Gasteiger partial charge in [0.15, 0.2) is 5.78 Å². The van der Waals surface area contributed by atoms with Gasteiger partial charge in [-0.2, -0.15) is 5.26 Å². The topological polar surface area (TPSA) is 62.8 Å². The van der Waals surface area contributed by atoms with E-state index in [1.54, 1.807) is 12.1 Å². The van der Waals surface area contributed by atoms with Crippen LogP contribution in [0.15, 0.2) is 54.6 Å². The molecule has 19 heavy (non-hydrogen) atoms. The van der Waals surface area contributed by atoms with Crippen molar-refractivity contribution < 1.29 is 4.79 Å². The number of rotatable bonds is 3.